The van der Waals surface area contributed by atoms with Crippen LogP contribution in [-0.4, -0.2) is 26.3 Å². The van der Waals surface area contributed by atoms with Crippen molar-refractivity contribution in [1.29, 1.82) is 0 Å². The molecule has 0 aromatic carbocycles. The molecule has 0 heterocycles. The average molecular weight is 239 g/mol. The molecule has 0 saturated heterocycles. The van der Waals surface area contributed by atoms with Crippen molar-refractivity contribution in [3.05, 3.63) is 0 Å². The zero-order valence-corrected chi connectivity index (χ0v) is 11.3. The minimum Gasteiger partial charge on any atom is -0.380 e. The van der Waals surface area contributed by atoms with E-state index in [0.29, 0.717) is 0 Å². The van der Waals surface area contributed by atoms with Gasteiger partial charge in [0.1, 0.15) is 0 Å². The molecule has 0 radical (unpaired) electrons. The molecule has 0 spiro atoms. The Labute approximate surface area is 107 Å². The third-order valence-electron chi connectivity index (χ3n) is 4.48. The van der Waals surface area contributed by atoms with E-state index in [1.165, 1.54) is 64.3 Å². The molecule has 2 rings (SSSR count). The molecular weight excluding hydrogens is 210 g/mol. The Bertz CT molecular complexity index is 185. The Morgan fingerprint density at radius 2 is 1.59 bits per heavy atom. The molecule has 0 bridgehead atoms. The molecule has 2 aliphatic rings. The SMILES string of the molecule is C1CCC(CNCCOCCC2CCC2)CC1. The van der Waals surface area contributed by atoms with Crippen LogP contribution in [0.1, 0.15) is 57.8 Å². The number of nitrogens with one attached hydrogen (secondary N) is 1. The van der Waals surface area contributed by atoms with Gasteiger partial charge in [-0.25, -0.2) is 0 Å². The van der Waals surface area contributed by atoms with Gasteiger partial charge in [-0.15, -0.1) is 0 Å². The molecule has 0 atom stereocenters. The van der Waals surface area contributed by atoms with Crippen LogP contribution in [0.4, 0.5) is 0 Å². The van der Waals surface area contributed by atoms with Gasteiger partial charge in [0, 0.05) is 13.2 Å². The lowest BCUT2D eigenvalue weighted by atomic mass is 9.83. The highest BCUT2D eigenvalue weighted by atomic mass is 16.5. The van der Waals surface area contributed by atoms with Crippen LogP contribution in [0.5, 0.6) is 0 Å². The van der Waals surface area contributed by atoms with Crippen molar-refractivity contribution in [1.82, 2.24) is 5.32 Å². The molecule has 0 aromatic rings. The van der Waals surface area contributed by atoms with E-state index < -0.39 is 0 Å². The summed E-state index contributed by atoms with van der Waals surface area (Å²) in [5, 5.41) is 3.55. The normalized spacial score (nSPS) is 22.6. The maximum Gasteiger partial charge on any atom is 0.0590 e. The highest BCUT2D eigenvalue weighted by molar-refractivity contribution is 4.69. The minimum absolute atomic E-state index is 0.902. The molecule has 0 amide bonds. The summed E-state index contributed by atoms with van der Waals surface area (Å²) in [5.74, 6) is 1.93. The van der Waals surface area contributed by atoms with E-state index in [9.17, 15) is 0 Å². The van der Waals surface area contributed by atoms with E-state index in [0.717, 1.165) is 31.6 Å². The first-order valence-corrected chi connectivity index (χ1v) is 7.73. The predicted octanol–water partition coefficient (Wildman–Crippen LogP) is 3.36. The lowest BCUT2D eigenvalue weighted by molar-refractivity contribution is 0.107. The smallest absolute Gasteiger partial charge is 0.0590 e. The van der Waals surface area contributed by atoms with Gasteiger partial charge in [0.15, 0.2) is 0 Å². The molecule has 2 heteroatoms. The number of hydrogen-bond donors (Lipinski definition) is 1. The van der Waals surface area contributed by atoms with Crippen molar-refractivity contribution in [3.63, 3.8) is 0 Å². The Balaban J connectivity index is 1.33. The third kappa shape index (κ3) is 5.39. The highest BCUT2D eigenvalue weighted by Gasteiger charge is 2.16. The molecule has 100 valence electrons. The summed E-state index contributed by atoms with van der Waals surface area (Å²) in [6.45, 7) is 4.14. The zero-order valence-electron chi connectivity index (χ0n) is 11.3. The van der Waals surface area contributed by atoms with E-state index in [1.54, 1.807) is 0 Å². The van der Waals surface area contributed by atoms with Crippen molar-refractivity contribution in [2.75, 3.05) is 26.3 Å². The summed E-state index contributed by atoms with van der Waals surface area (Å²) >= 11 is 0. The molecule has 2 nitrogen and oxygen atoms in total. The van der Waals surface area contributed by atoms with Crippen LogP contribution in [0, 0.1) is 11.8 Å². The topological polar surface area (TPSA) is 21.3 Å². The van der Waals surface area contributed by atoms with Crippen molar-refractivity contribution in [2.45, 2.75) is 57.8 Å². The summed E-state index contributed by atoms with van der Waals surface area (Å²) in [4.78, 5) is 0. The minimum atomic E-state index is 0.902. The van der Waals surface area contributed by atoms with Crippen LogP contribution < -0.4 is 5.32 Å². The van der Waals surface area contributed by atoms with Crippen LogP contribution in [-0.2, 0) is 4.74 Å². The highest BCUT2D eigenvalue weighted by Crippen LogP contribution is 2.29. The monoisotopic (exact) mass is 239 g/mol. The average Bonchev–Trinajstić information content (AvgIpc) is 2.31. The van der Waals surface area contributed by atoms with E-state index in [2.05, 4.69) is 5.32 Å². The summed E-state index contributed by atoms with van der Waals surface area (Å²) in [7, 11) is 0. The molecule has 17 heavy (non-hydrogen) atoms. The van der Waals surface area contributed by atoms with Gasteiger partial charge in [-0.1, -0.05) is 38.5 Å². The van der Waals surface area contributed by atoms with Crippen LogP contribution in [0.2, 0.25) is 0 Å². The molecular formula is C15H29NO. The second-order valence-electron chi connectivity index (χ2n) is 5.91. The van der Waals surface area contributed by atoms with Gasteiger partial charge < -0.3 is 10.1 Å². The third-order valence-corrected chi connectivity index (χ3v) is 4.48. The van der Waals surface area contributed by atoms with Gasteiger partial charge in [-0.05, 0) is 37.6 Å². The molecule has 2 fully saturated rings. The van der Waals surface area contributed by atoms with Crippen LogP contribution in [0.25, 0.3) is 0 Å². The standard InChI is InChI=1S/C15H29NO/c1-2-5-15(6-3-1)13-16-10-12-17-11-9-14-7-4-8-14/h14-16H,1-13H2. The van der Waals surface area contributed by atoms with E-state index in [-0.39, 0.29) is 0 Å². The Morgan fingerprint density at radius 1 is 0.824 bits per heavy atom. The second-order valence-corrected chi connectivity index (χ2v) is 5.91. The van der Waals surface area contributed by atoms with Gasteiger partial charge in [-0.2, -0.15) is 0 Å². The zero-order chi connectivity index (χ0) is 11.8. The van der Waals surface area contributed by atoms with Gasteiger partial charge in [0.05, 0.1) is 6.61 Å². The molecule has 2 saturated carbocycles. The fraction of sp³-hybridized carbons (Fsp3) is 1.00. The summed E-state index contributed by atoms with van der Waals surface area (Å²) in [5.41, 5.74) is 0. The molecule has 0 unspecified atom stereocenters. The largest absolute Gasteiger partial charge is 0.380 e. The van der Waals surface area contributed by atoms with Crippen LogP contribution in [0.3, 0.4) is 0 Å². The summed E-state index contributed by atoms with van der Waals surface area (Å²) in [6, 6.07) is 0. The molecule has 2 aliphatic carbocycles. The first-order valence-electron chi connectivity index (χ1n) is 7.73. The lowest BCUT2D eigenvalue weighted by Gasteiger charge is -2.25. The molecule has 0 aliphatic heterocycles. The maximum absolute atomic E-state index is 5.67. The second kappa shape index (κ2) is 8.10. The van der Waals surface area contributed by atoms with E-state index >= 15 is 0 Å². The van der Waals surface area contributed by atoms with Crippen molar-refractivity contribution in [3.8, 4) is 0 Å². The van der Waals surface area contributed by atoms with Crippen LogP contribution in [0.15, 0.2) is 0 Å². The Kier molecular flexibility index (Phi) is 6.36. The van der Waals surface area contributed by atoms with Gasteiger partial charge >= 0.3 is 0 Å². The first-order chi connectivity index (χ1) is 8.45. The predicted molar refractivity (Wildman–Crippen MR) is 72.2 cm³/mol. The van der Waals surface area contributed by atoms with E-state index in [4.69, 9.17) is 4.74 Å². The first kappa shape index (κ1) is 13.4. The molecule has 0 aromatic heterocycles. The van der Waals surface area contributed by atoms with Crippen molar-refractivity contribution in [2.24, 2.45) is 11.8 Å². The van der Waals surface area contributed by atoms with Gasteiger partial charge in [0.2, 0.25) is 0 Å². The number of rotatable bonds is 8. The Hall–Kier alpha value is -0.0800. The quantitative estimate of drug-likeness (QED) is 0.656. The van der Waals surface area contributed by atoms with Gasteiger partial charge in [0.25, 0.3) is 0 Å². The van der Waals surface area contributed by atoms with Crippen molar-refractivity contribution < 1.29 is 4.74 Å². The van der Waals surface area contributed by atoms with Crippen molar-refractivity contribution >= 4 is 0 Å². The Morgan fingerprint density at radius 3 is 2.29 bits per heavy atom. The lowest BCUT2D eigenvalue weighted by Crippen LogP contribution is -2.27. The molecule has 1 N–H and O–H groups in total. The van der Waals surface area contributed by atoms with Crippen LogP contribution >= 0.6 is 0 Å². The number of ether oxygens (including phenoxy) is 1. The van der Waals surface area contributed by atoms with Gasteiger partial charge in [-0.3, -0.25) is 0 Å². The van der Waals surface area contributed by atoms with E-state index in [1.807, 2.05) is 0 Å². The summed E-state index contributed by atoms with van der Waals surface area (Å²) < 4.78 is 5.67. The maximum atomic E-state index is 5.67. The fourth-order valence-electron chi connectivity index (χ4n) is 2.98. The fourth-order valence-corrected chi connectivity index (χ4v) is 2.98. The summed E-state index contributed by atoms with van der Waals surface area (Å²) in [6.07, 6.45) is 12.9. The number of hydrogen-bond acceptors (Lipinski definition) is 2.